The van der Waals surface area contributed by atoms with Crippen LogP contribution in [0.2, 0.25) is 19.6 Å². The first kappa shape index (κ1) is 26.0. The minimum absolute atomic E-state index is 0.0847. The Morgan fingerprint density at radius 2 is 1.78 bits per heavy atom. The number of carboxylic acids is 1. The van der Waals surface area contributed by atoms with E-state index in [0.29, 0.717) is 30.7 Å². The first-order valence-corrected chi connectivity index (χ1v) is 15.6. The lowest BCUT2D eigenvalue weighted by Crippen LogP contribution is -2.45. The number of carboxylic acid groups (broad SMARTS) is 1. The van der Waals surface area contributed by atoms with Crippen molar-refractivity contribution in [3.05, 3.63) is 58.7 Å². The SMILES string of the molecule is COc1ccc2c(c1)CCN(C(=O)[C@@H]1C[C@H]1CC(=O)O)[C@H]2C(=O)Cc1cc(F)c([Si](C)(C)C)c(F)c1. The second-order valence-corrected chi connectivity index (χ2v) is 15.8. The number of aliphatic carboxylic acids is 1. The van der Waals surface area contributed by atoms with Crippen molar-refractivity contribution in [3.8, 4) is 5.75 Å². The highest BCUT2D eigenvalue weighted by Crippen LogP contribution is 2.45. The maximum absolute atomic E-state index is 14.8. The van der Waals surface area contributed by atoms with Gasteiger partial charge in [0.05, 0.1) is 15.2 Å². The van der Waals surface area contributed by atoms with Gasteiger partial charge in [-0.25, -0.2) is 8.78 Å². The van der Waals surface area contributed by atoms with E-state index < -0.39 is 37.6 Å². The Balaban J connectivity index is 1.65. The van der Waals surface area contributed by atoms with Gasteiger partial charge in [-0.3, -0.25) is 14.4 Å². The molecule has 1 fully saturated rings. The fraction of sp³-hybridized carbons (Fsp3) is 0.444. The summed E-state index contributed by atoms with van der Waals surface area (Å²) in [6.07, 6.45) is 0.681. The molecule has 1 heterocycles. The van der Waals surface area contributed by atoms with Gasteiger partial charge in [0.25, 0.3) is 0 Å². The van der Waals surface area contributed by atoms with Gasteiger partial charge in [0.1, 0.15) is 23.4 Å². The number of halogens is 2. The van der Waals surface area contributed by atoms with E-state index in [1.807, 2.05) is 25.7 Å². The molecule has 1 amide bonds. The van der Waals surface area contributed by atoms with Crippen LogP contribution in [-0.2, 0) is 27.2 Å². The van der Waals surface area contributed by atoms with Crippen LogP contribution in [0.4, 0.5) is 8.78 Å². The number of ether oxygens (including phenoxy) is 1. The summed E-state index contributed by atoms with van der Waals surface area (Å²) < 4.78 is 35.0. The highest BCUT2D eigenvalue weighted by atomic mass is 28.3. The van der Waals surface area contributed by atoms with Gasteiger partial charge < -0.3 is 14.7 Å². The number of methoxy groups -OCH3 is 1. The smallest absolute Gasteiger partial charge is 0.303 e. The number of hydrogen-bond donors (Lipinski definition) is 1. The monoisotopic (exact) mass is 515 g/mol. The molecule has 6 nitrogen and oxygen atoms in total. The largest absolute Gasteiger partial charge is 0.497 e. The van der Waals surface area contributed by atoms with E-state index >= 15 is 0 Å². The number of carbonyl (C=O) groups is 3. The molecule has 1 saturated carbocycles. The maximum Gasteiger partial charge on any atom is 0.303 e. The summed E-state index contributed by atoms with van der Waals surface area (Å²) in [5, 5.41) is 9.18. The van der Waals surface area contributed by atoms with Crippen LogP contribution in [0, 0.1) is 23.5 Å². The average Bonchev–Trinajstić information content (AvgIpc) is 3.54. The van der Waals surface area contributed by atoms with E-state index in [1.54, 1.807) is 19.2 Å². The fourth-order valence-electron chi connectivity index (χ4n) is 5.27. The summed E-state index contributed by atoms with van der Waals surface area (Å²) >= 11 is 0. The fourth-order valence-corrected chi connectivity index (χ4v) is 6.85. The van der Waals surface area contributed by atoms with Gasteiger partial charge in [-0.1, -0.05) is 25.7 Å². The Kier molecular flexibility index (Phi) is 7.05. The highest BCUT2D eigenvalue weighted by Gasteiger charge is 2.48. The minimum Gasteiger partial charge on any atom is -0.497 e. The number of rotatable bonds is 8. The number of Topliss-reactive ketones (excluding diaryl/α,β-unsaturated/α-hetero) is 1. The molecule has 2 aromatic carbocycles. The molecule has 0 saturated heterocycles. The number of fused-ring (bicyclic) bond motifs is 1. The number of benzene rings is 2. The average molecular weight is 516 g/mol. The Labute approximate surface area is 210 Å². The molecular weight excluding hydrogens is 484 g/mol. The zero-order valence-corrected chi connectivity index (χ0v) is 21.9. The lowest BCUT2D eigenvalue weighted by Gasteiger charge is -2.37. The summed E-state index contributed by atoms with van der Waals surface area (Å²) in [4.78, 5) is 39.6. The predicted octanol–water partition coefficient (Wildman–Crippen LogP) is 3.87. The molecule has 3 atom stereocenters. The van der Waals surface area contributed by atoms with Gasteiger partial charge in [0.15, 0.2) is 5.78 Å². The summed E-state index contributed by atoms with van der Waals surface area (Å²) in [6, 6.07) is 6.85. The van der Waals surface area contributed by atoms with E-state index in [0.717, 1.165) is 5.56 Å². The molecule has 0 spiro atoms. The maximum atomic E-state index is 14.8. The predicted molar refractivity (Wildman–Crippen MR) is 133 cm³/mol. The van der Waals surface area contributed by atoms with Crippen LogP contribution < -0.4 is 9.92 Å². The first-order valence-electron chi connectivity index (χ1n) is 12.1. The number of carbonyl (C=O) groups excluding carboxylic acids is 2. The molecule has 0 aromatic heterocycles. The molecule has 0 bridgehead atoms. The van der Waals surface area contributed by atoms with Gasteiger partial charge in [0.2, 0.25) is 5.91 Å². The second-order valence-electron chi connectivity index (χ2n) is 10.8. The third-order valence-corrected chi connectivity index (χ3v) is 9.05. The number of amides is 1. The van der Waals surface area contributed by atoms with Crippen molar-refractivity contribution >= 4 is 30.9 Å². The Morgan fingerprint density at radius 1 is 1.11 bits per heavy atom. The Hall–Kier alpha value is -3.07. The topological polar surface area (TPSA) is 83.9 Å². The second kappa shape index (κ2) is 9.76. The third kappa shape index (κ3) is 5.21. The zero-order valence-electron chi connectivity index (χ0n) is 20.9. The Morgan fingerprint density at radius 3 is 2.36 bits per heavy atom. The van der Waals surface area contributed by atoms with Crippen molar-refractivity contribution in [3.63, 3.8) is 0 Å². The molecule has 36 heavy (non-hydrogen) atoms. The normalized spacial score (nSPS) is 21.1. The molecule has 2 aliphatic rings. The van der Waals surface area contributed by atoms with Crippen LogP contribution in [0.5, 0.6) is 5.75 Å². The minimum atomic E-state index is -2.27. The van der Waals surface area contributed by atoms with Crippen molar-refractivity contribution in [1.82, 2.24) is 4.90 Å². The van der Waals surface area contributed by atoms with Crippen molar-refractivity contribution in [1.29, 1.82) is 0 Å². The van der Waals surface area contributed by atoms with Gasteiger partial charge in [-0.05, 0) is 59.7 Å². The van der Waals surface area contributed by atoms with Crippen LogP contribution in [0.3, 0.4) is 0 Å². The van der Waals surface area contributed by atoms with Gasteiger partial charge in [0, 0.05) is 30.5 Å². The molecule has 4 rings (SSSR count). The Bertz CT molecular complexity index is 1200. The molecule has 0 unspecified atom stereocenters. The molecule has 192 valence electrons. The van der Waals surface area contributed by atoms with Gasteiger partial charge >= 0.3 is 5.97 Å². The summed E-state index contributed by atoms with van der Waals surface area (Å²) in [5.41, 5.74) is 1.76. The third-order valence-electron chi connectivity index (χ3n) is 7.07. The number of hydrogen-bond acceptors (Lipinski definition) is 4. The molecule has 1 N–H and O–H groups in total. The van der Waals surface area contributed by atoms with Crippen LogP contribution in [-0.4, -0.2) is 49.4 Å². The summed E-state index contributed by atoms with van der Waals surface area (Å²) in [7, 11) is -0.718. The zero-order chi connectivity index (χ0) is 26.4. The summed E-state index contributed by atoms with van der Waals surface area (Å²) in [6.45, 7) is 5.85. The van der Waals surface area contributed by atoms with Gasteiger partial charge in [-0.15, -0.1) is 0 Å². The van der Waals surface area contributed by atoms with Crippen molar-refractivity contribution in [2.45, 2.75) is 51.4 Å². The van der Waals surface area contributed by atoms with E-state index in [2.05, 4.69) is 0 Å². The van der Waals surface area contributed by atoms with E-state index in [9.17, 15) is 23.2 Å². The highest BCUT2D eigenvalue weighted by molar-refractivity contribution is 6.88. The van der Waals surface area contributed by atoms with E-state index in [1.165, 1.54) is 17.0 Å². The molecule has 9 heteroatoms. The van der Waals surface area contributed by atoms with Gasteiger partial charge in [-0.2, -0.15) is 0 Å². The number of nitrogens with zero attached hydrogens (tertiary/aromatic N) is 1. The lowest BCUT2D eigenvalue weighted by atomic mass is 9.87. The van der Waals surface area contributed by atoms with E-state index in [4.69, 9.17) is 9.84 Å². The molecule has 1 aliphatic heterocycles. The molecule has 1 aliphatic carbocycles. The van der Waals surface area contributed by atoms with Crippen LogP contribution >= 0.6 is 0 Å². The molecule has 0 radical (unpaired) electrons. The van der Waals surface area contributed by atoms with Crippen LogP contribution in [0.15, 0.2) is 30.3 Å². The van der Waals surface area contributed by atoms with Crippen molar-refractivity contribution in [2.75, 3.05) is 13.7 Å². The summed E-state index contributed by atoms with van der Waals surface area (Å²) in [5.74, 6) is -2.86. The van der Waals surface area contributed by atoms with Crippen molar-refractivity contribution < 1.29 is 33.0 Å². The van der Waals surface area contributed by atoms with Crippen molar-refractivity contribution in [2.24, 2.45) is 11.8 Å². The standard InChI is InChI=1S/C27H31F2NO5Si/c1-35-18-5-6-19-16(12-18)7-8-30(27(34)20-13-17(20)14-24(32)33)25(19)23(31)11-15-9-21(28)26(22(29)10-15)36(2,3)4/h5-6,9-10,12,17,20,25H,7-8,11,13-14H2,1-4H3,(H,32,33)/t17-,20+,25+/m0/s1. The first-order chi connectivity index (χ1) is 16.9. The quantitative estimate of drug-likeness (QED) is 0.540. The lowest BCUT2D eigenvalue weighted by molar-refractivity contribution is -0.142. The van der Waals surface area contributed by atoms with E-state index in [-0.39, 0.29) is 41.2 Å². The number of ketones is 1. The van der Waals surface area contributed by atoms with Crippen LogP contribution in [0.1, 0.15) is 35.6 Å². The molecule has 2 aromatic rings. The van der Waals surface area contributed by atoms with Crippen LogP contribution in [0.25, 0.3) is 0 Å². The molecular formula is C27H31F2NO5Si.